The largest absolute Gasteiger partial charge is 0.494 e. The Bertz CT molecular complexity index is 1420. The number of carbonyl (C=O) groups is 1. The fraction of sp³-hybridized carbons (Fsp3) is 0.148. The molecule has 0 radical (unpaired) electrons. The Hall–Kier alpha value is -4.50. The molecule has 0 aliphatic carbocycles. The number of halogens is 1. The van der Waals surface area contributed by atoms with Gasteiger partial charge in [0.05, 0.1) is 23.3 Å². The summed E-state index contributed by atoms with van der Waals surface area (Å²) in [6, 6.07) is 19.3. The second-order valence-electron chi connectivity index (χ2n) is 7.90. The van der Waals surface area contributed by atoms with E-state index in [0.29, 0.717) is 28.9 Å². The van der Waals surface area contributed by atoms with Gasteiger partial charge < -0.3 is 23.9 Å². The van der Waals surface area contributed by atoms with Gasteiger partial charge in [0.15, 0.2) is 5.76 Å². The molecule has 10 heteroatoms. The maximum Gasteiger partial charge on any atom is 0.291 e. The summed E-state index contributed by atoms with van der Waals surface area (Å²) in [6.45, 7) is 4.40. The Morgan fingerprint density at radius 3 is 2.32 bits per heavy atom. The molecule has 9 nitrogen and oxygen atoms in total. The summed E-state index contributed by atoms with van der Waals surface area (Å²) < 4.78 is 22.4. The van der Waals surface area contributed by atoms with Crippen LogP contribution in [0, 0.1) is 17.0 Å². The summed E-state index contributed by atoms with van der Waals surface area (Å²) in [7, 11) is 0. The minimum Gasteiger partial charge on any atom is -0.494 e. The van der Waals surface area contributed by atoms with Crippen LogP contribution in [0.15, 0.2) is 77.2 Å². The SMILES string of the molecule is CCOc1ccc(OCc2ccc(C(=O)Nc3cc(Oc4ccc(Cl)c(C)c4)cc([N+](=O)[O-])c3)o2)cc1. The van der Waals surface area contributed by atoms with Gasteiger partial charge in [0.25, 0.3) is 11.6 Å². The lowest BCUT2D eigenvalue weighted by atomic mass is 10.2. The molecule has 1 amide bonds. The van der Waals surface area contributed by atoms with Crippen molar-refractivity contribution in [1.29, 1.82) is 0 Å². The molecule has 190 valence electrons. The molecule has 0 spiro atoms. The number of nitrogens with one attached hydrogen (secondary N) is 1. The molecule has 3 aromatic carbocycles. The van der Waals surface area contributed by atoms with Crippen LogP contribution < -0.4 is 19.5 Å². The van der Waals surface area contributed by atoms with Crippen LogP contribution in [0.3, 0.4) is 0 Å². The molecular formula is C27H23ClN2O7. The molecule has 1 heterocycles. The number of anilines is 1. The van der Waals surface area contributed by atoms with E-state index in [9.17, 15) is 14.9 Å². The van der Waals surface area contributed by atoms with Crippen molar-refractivity contribution >= 4 is 28.9 Å². The van der Waals surface area contributed by atoms with Crippen LogP contribution in [0.25, 0.3) is 0 Å². The van der Waals surface area contributed by atoms with Crippen molar-refractivity contribution < 1.29 is 28.3 Å². The number of nitro benzene ring substituents is 1. The van der Waals surface area contributed by atoms with E-state index < -0.39 is 10.8 Å². The summed E-state index contributed by atoms with van der Waals surface area (Å²) in [5.41, 5.74) is 0.712. The predicted octanol–water partition coefficient (Wildman–Crippen LogP) is 7.17. The monoisotopic (exact) mass is 522 g/mol. The first-order chi connectivity index (χ1) is 17.8. The molecule has 0 bridgehead atoms. The second-order valence-corrected chi connectivity index (χ2v) is 8.31. The van der Waals surface area contributed by atoms with Gasteiger partial charge in [-0.05, 0) is 74.0 Å². The van der Waals surface area contributed by atoms with Gasteiger partial charge in [-0.2, -0.15) is 0 Å². The highest BCUT2D eigenvalue weighted by Crippen LogP contribution is 2.31. The first-order valence-corrected chi connectivity index (χ1v) is 11.7. The third-order valence-corrected chi connectivity index (χ3v) is 5.55. The van der Waals surface area contributed by atoms with Gasteiger partial charge in [-0.25, -0.2) is 0 Å². The minimum absolute atomic E-state index is 0.0209. The lowest BCUT2D eigenvalue weighted by Crippen LogP contribution is -2.11. The Balaban J connectivity index is 1.43. The van der Waals surface area contributed by atoms with E-state index >= 15 is 0 Å². The zero-order valence-corrected chi connectivity index (χ0v) is 20.8. The van der Waals surface area contributed by atoms with Gasteiger partial charge in [0.1, 0.15) is 35.4 Å². The zero-order valence-electron chi connectivity index (χ0n) is 20.0. The van der Waals surface area contributed by atoms with E-state index in [-0.39, 0.29) is 29.5 Å². The highest BCUT2D eigenvalue weighted by Gasteiger charge is 2.16. The minimum atomic E-state index is -0.582. The summed E-state index contributed by atoms with van der Waals surface area (Å²) in [4.78, 5) is 23.6. The van der Waals surface area contributed by atoms with Gasteiger partial charge in [0, 0.05) is 17.2 Å². The van der Waals surface area contributed by atoms with Gasteiger partial charge in [-0.15, -0.1) is 0 Å². The Kier molecular flexibility index (Phi) is 7.95. The standard InChI is InChI=1S/C27H23ClN2O7/c1-3-34-20-4-6-21(7-5-20)35-16-23-9-11-26(37-23)27(31)29-18-13-19(30(32)33)15-24(14-18)36-22-8-10-25(28)17(2)12-22/h4-15H,3,16H2,1-2H3,(H,29,31). The molecular weight excluding hydrogens is 500 g/mol. The maximum absolute atomic E-state index is 12.7. The smallest absolute Gasteiger partial charge is 0.291 e. The number of nitro groups is 1. The van der Waals surface area contributed by atoms with Crippen LogP contribution >= 0.6 is 11.6 Å². The quantitative estimate of drug-likeness (QED) is 0.173. The summed E-state index contributed by atoms with van der Waals surface area (Å²) in [5, 5.41) is 14.6. The number of benzene rings is 3. The van der Waals surface area contributed by atoms with Gasteiger partial charge in [-0.1, -0.05) is 11.6 Å². The highest BCUT2D eigenvalue weighted by atomic mass is 35.5. The molecule has 4 rings (SSSR count). The van der Waals surface area contributed by atoms with Crippen LogP contribution in [-0.2, 0) is 6.61 Å². The number of hydrogen-bond donors (Lipinski definition) is 1. The third kappa shape index (κ3) is 6.80. The van der Waals surface area contributed by atoms with Crippen molar-refractivity contribution in [1.82, 2.24) is 0 Å². The fourth-order valence-corrected chi connectivity index (χ4v) is 3.48. The molecule has 1 N–H and O–H groups in total. The zero-order chi connectivity index (χ0) is 26.4. The number of furan rings is 1. The van der Waals surface area contributed by atoms with Crippen molar-refractivity contribution in [2.24, 2.45) is 0 Å². The maximum atomic E-state index is 12.7. The molecule has 0 aliphatic rings. The second kappa shape index (κ2) is 11.5. The number of rotatable bonds is 10. The van der Waals surface area contributed by atoms with Crippen LogP contribution in [0.5, 0.6) is 23.0 Å². The van der Waals surface area contributed by atoms with Crippen LogP contribution in [0.2, 0.25) is 5.02 Å². The predicted molar refractivity (Wildman–Crippen MR) is 138 cm³/mol. The fourth-order valence-electron chi connectivity index (χ4n) is 3.36. The van der Waals surface area contributed by atoms with Gasteiger partial charge in [-0.3, -0.25) is 14.9 Å². The van der Waals surface area contributed by atoms with E-state index in [0.717, 1.165) is 11.3 Å². The average molecular weight is 523 g/mol. The molecule has 0 fully saturated rings. The number of hydrogen-bond acceptors (Lipinski definition) is 7. The first-order valence-electron chi connectivity index (χ1n) is 11.3. The molecule has 37 heavy (non-hydrogen) atoms. The summed E-state index contributed by atoms with van der Waals surface area (Å²) >= 11 is 6.05. The molecule has 1 aromatic heterocycles. The topological polar surface area (TPSA) is 113 Å². The van der Waals surface area contributed by atoms with E-state index in [2.05, 4.69) is 5.32 Å². The van der Waals surface area contributed by atoms with Gasteiger partial charge in [0.2, 0.25) is 0 Å². The van der Waals surface area contributed by atoms with Gasteiger partial charge >= 0.3 is 0 Å². The number of amides is 1. The molecule has 0 atom stereocenters. The van der Waals surface area contributed by atoms with E-state index in [4.69, 9.17) is 30.2 Å². The van der Waals surface area contributed by atoms with Crippen molar-refractivity contribution in [3.8, 4) is 23.0 Å². The molecule has 4 aromatic rings. The number of carbonyl (C=O) groups excluding carboxylic acids is 1. The molecule has 0 unspecified atom stereocenters. The van der Waals surface area contributed by atoms with E-state index in [1.807, 2.05) is 13.8 Å². The van der Waals surface area contributed by atoms with Crippen molar-refractivity contribution in [3.05, 3.63) is 105 Å². The molecule has 0 saturated carbocycles. The van der Waals surface area contributed by atoms with E-state index in [1.54, 1.807) is 48.5 Å². The summed E-state index contributed by atoms with van der Waals surface area (Å²) in [5.74, 6) is 1.85. The van der Waals surface area contributed by atoms with Crippen LogP contribution in [0.1, 0.15) is 28.8 Å². The average Bonchev–Trinajstić information content (AvgIpc) is 3.35. The van der Waals surface area contributed by atoms with Crippen molar-refractivity contribution in [2.45, 2.75) is 20.5 Å². The van der Waals surface area contributed by atoms with Crippen molar-refractivity contribution in [3.63, 3.8) is 0 Å². The Morgan fingerprint density at radius 1 is 0.946 bits per heavy atom. The first kappa shape index (κ1) is 25.6. The molecule has 0 saturated heterocycles. The van der Waals surface area contributed by atoms with Crippen LogP contribution in [-0.4, -0.2) is 17.4 Å². The van der Waals surface area contributed by atoms with Crippen molar-refractivity contribution in [2.75, 3.05) is 11.9 Å². The van der Waals surface area contributed by atoms with E-state index in [1.165, 1.54) is 24.3 Å². The Morgan fingerprint density at radius 2 is 1.65 bits per heavy atom. The third-order valence-electron chi connectivity index (χ3n) is 5.13. The normalized spacial score (nSPS) is 10.6. The highest BCUT2D eigenvalue weighted by molar-refractivity contribution is 6.31. The molecule has 0 aliphatic heterocycles. The Labute approximate surface area is 217 Å². The number of non-ortho nitro benzene ring substituents is 1. The summed E-state index contributed by atoms with van der Waals surface area (Å²) in [6.07, 6.45) is 0. The lowest BCUT2D eigenvalue weighted by molar-refractivity contribution is -0.384. The lowest BCUT2D eigenvalue weighted by Gasteiger charge is -2.10. The number of ether oxygens (including phenoxy) is 3. The number of nitrogens with zero attached hydrogens (tertiary/aromatic N) is 1. The van der Waals surface area contributed by atoms with Crippen LogP contribution in [0.4, 0.5) is 11.4 Å². The number of aryl methyl sites for hydroxylation is 1.